The predicted octanol–water partition coefficient (Wildman–Crippen LogP) is 2.33. The molecule has 0 bridgehead atoms. The normalized spacial score (nSPS) is 14.9. The smallest absolute Gasteiger partial charge is 0.209 e. The molecule has 15 heavy (non-hydrogen) atoms. The van der Waals surface area contributed by atoms with Gasteiger partial charge >= 0.3 is 5.76 Å². The van der Waals surface area contributed by atoms with Crippen LogP contribution in [0, 0.1) is 5.92 Å². The van der Waals surface area contributed by atoms with E-state index in [1.807, 2.05) is 18.6 Å². The molecule has 0 aliphatic carbocycles. The summed E-state index contributed by atoms with van der Waals surface area (Å²) in [6, 6.07) is 0. The van der Waals surface area contributed by atoms with E-state index >= 15 is 0 Å². The van der Waals surface area contributed by atoms with Crippen LogP contribution in [0.25, 0.3) is 0 Å². The Morgan fingerprint density at radius 2 is 1.73 bits per heavy atom. The summed E-state index contributed by atoms with van der Waals surface area (Å²) in [4.78, 5) is -0.110. The Hall–Kier alpha value is 0.250. The molecule has 0 saturated heterocycles. The van der Waals surface area contributed by atoms with E-state index < -0.39 is 15.8 Å². The minimum atomic E-state index is -4.46. The van der Waals surface area contributed by atoms with Gasteiger partial charge < -0.3 is 0 Å². The summed E-state index contributed by atoms with van der Waals surface area (Å²) in [7, 11) is -4.46. The van der Waals surface area contributed by atoms with E-state index in [2.05, 4.69) is 15.9 Å². The lowest BCUT2D eigenvalue weighted by Crippen LogP contribution is -2.36. The van der Waals surface area contributed by atoms with Crippen molar-refractivity contribution in [2.24, 2.45) is 5.92 Å². The molecule has 0 aromatic rings. The summed E-state index contributed by atoms with van der Waals surface area (Å²) in [5.41, 5.74) is 0. The molecule has 1 N–H and O–H groups in total. The van der Waals surface area contributed by atoms with Crippen LogP contribution in [0.3, 0.4) is 0 Å². The lowest BCUT2D eigenvalue weighted by molar-refractivity contribution is 0.232. The molecular formula is C8H16BrF2NO2S. The highest BCUT2D eigenvalue weighted by molar-refractivity contribution is 9.09. The van der Waals surface area contributed by atoms with Crippen molar-refractivity contribution < 1.29 is 17.2 Å². The molecule has 0 aromatic carbocycles. The standard InChI is InChI=1S/C8H16BrF2NO2S/c1-3-6(4-2)7(9)5-12-15(13,14)8(10)11/h6-8,12H,3-5H2,1-2H3. The van der Waals surface area contributed by atoms with Crippen LogP contribution in [-0.2, 0) is 10.0 Å². The molecule has 0 fully saturated rings. The third-order valence-corrected chi connectivity index (χ3v) is 4.38. The number of rotatable bonds is 7. The fourth-order valence-electron chi connectivity index (χ4n) is 1.23. The molecule has 0 heterocycles. The molecule has 92 valence electrons. The average molecular weight is 308 g/mol. The molecule has 0 aromatic heterocycles. The number of halogens is 3. The minimum absolute atomic E-state index is 0.000972. The van der Waals surface area contributed by atoms with Gasteiger partial charge in [0.15, 0.2) is 0 Å². The topological polar surface area (TPSA) is 46.2 Å². The first-order valence-electron chi connectivity index (χ1n) is 4.75. The molecule has 0 saturated carbocycles. The zero-order valence-electron chi connectivity index (χ0n) is 8.71. The third-order valence-electron chi connectivity index (χ3n) is 2.27. The van der Waals surface area contributed by atoms with Crippen molar-refractivity contribution in [2.75, 3.05) is 6.54 Å². The summed E-state index contributed by atoms with van der Waals surface area (Å²) in [5.74, 6) is -3.08. The van der Waals surface area contributed by atoms with E-state index in [0.717, 1.165) is 12.8 Å². The lowest BCUT2D eigenvalue weighted by Gasteiger charge is -2.19. The number of alkyl halides is 3. The molecule has 0 aliphatic rings. The van der Waals surface area contributed by atoms with E-state index in [4.69, 9.17) is 0 Å². The fourth-order valence-corrected chi connectivity index (χ4v) is 2.89. The molecule has 1 atom stereocenters. The second-order valence-corrected chi connectivity index (χ2v) is 6.16. The zero-order chi connectivity index (χ0) is 12.1. The summed E-state index contributed by atoms with van der Waals surface area (Å²) >= 11 is 3.29. The van der Waals surface area contributed by atoms with Crippen molar-refractivity contribution in [2.45, 2.75) is 37.3 Å². The molecule has 0 radical (unpaired) electrons. The SMILES string of the molecule is CCC(CC)C(Br)CNS(=O)(=O)C(F)F. The highest BCUT2D eigenvalue weighted by atomic mass is 79.9. The Balaban J connectivity index is 4.16. The van der Waals surface area contributed by atoms with Crippen LogP contribution in [0.4, 0.5) is 8.78 Å². The molecule has 3 nitrogen and oxygen atoms in total. The zero-order valence-corrected chi connectivity index (χ0v) is 11.1. The van der Waals surface area contributed by atoms with E-state index in [9.17, 15) is 17.2 Å². The second-order valence-electron chi connectivity index (χ2n) is 3.25. The van der Waals surface area contributed by atoms with Gasteiger partial charge in [0.25, 0.3) is 10.0 Å². The maximum atomic E-state index is 12.0. The lowest BCUT2D eigenvalue weighted by atomic mass is 10.00. The number of sulfonamides is 1. The van der Waals surface area contributed by atoms with Gasteiger partial charge in [-0.3, -0.25) is 0 Å². The maximum absolute atomic E-state index is 12.0. The van der Waals surface area contributed by atoms with Gasteiger partial charge in [0.2, 0.25) is 0 Å². The molecule has 0 aliphatic heterocycles. The van der Waals surface area contributed by atoms with Gasteiger partial charge in [-0.25, -0.2) is 13.1 Å². The van der Waals surface area contributed by atoms with Gasteiger partial charge in [0.05, 0.1) is 0 Å². The Morgan fingerprint density at radius 3 is 2.07 bits per heavy atom. The molecule has 1 unspecified atom stereocenters. The number of hydrogen-bond donors (Lipinski definition) is 1. The van der Waals surface area contributed by atoms with Crippen molar-refractivity contribution >= 4 is 26.0 Å². The van der Waals surface area contributed by atoms with Crippen LogP contribution >= 0.6 is 15.9 Å². The third kappa shape index (κ3) is 5.21. The van der Waals surface area contributed by atoms with Crippen LogP contribution < -0.4 is 4.72 Å². The van der Waals surface area contributed by atoms with E-state index in [-0.39, 0.29) is 17.3 Å². The fraction of sp³-hybridized carbons (Fsp3) is 1.00. The molecule has 0 rings (SSSR count). The van der Waals surface area contributed by atoms with E-state index in [0.29, 0.717) is 0 Å². The Labute approximate surface area is 97.8 Å². The summed E-state index contributed by atoms with van der Waals surface area (Å²) in [6.45, 7) is 3.95. The van der Waals surface area contributed by atoms with Crippen LogP contribution in [0.15, 0.2) is 0 Å². The van der Waals surface area contributed by atoms with Crippen LogP contribution in [0.2, 0.25) is 0 Å². The molecule has 0 spiro atoms. The van der Waals surface area contributed by atoms with Gasteiger partial charge in [-0.05, 0) is 5.92 Å². The predicted molar refractivity (Wildman–Crippen MR) is 59.7 cm³/mol. The largest absolute Gasteiger partial charge is 0.350 e. The van der Waals surface area contributed by atoms with Gasteiger partial charge in [0, 0.05) is 11.4 Å². The first-order valence-corrected chi connectivity index (χ1v) is 7.22. The second kappa shape index (κ2) is 6.75. The van der Waals surface area contributed by atoms with Crippen LogP contribution in [0.5, 0.6) is 0 Å². The highest BCUT2D eigenvalue weighted by Crippen LogP contribution is 2.19. The summed E-state index contributed by atoms with van der Waals surface area (Å²) in [5, 5.41) is 0. The van der Waals surface area contributed by atoms with Crippen molar-refractivity contribution in [3.05, 3.63) is 0 Å². The first-order chi connectivity index (χ1) is 6.85. The average Bonchev–Trinajstić information content (AvgIpc) is 2.16. The monoisotopic (exact) mass is 307 g/mol. The van der Waals surface area contributed by atoms with E-state index in [1.54, 1.807) is 0 Å². The van der Waals surface area contributed by atoms with Gasteiger partial charge in [0.1, 0.15) is 0 Å². The number of nitrogens with one attached hydrogen (secondary N) is 1. The Morgan fingerprint density at radius 1 is 1.27 bits per heavy atom. The highest BCUT2D eigenvalue weighted by Gasteiger charge is 2.25. The summed E-state index contributed by atoms with van der Waals surface area (Å²) in [6.07, 6.45) is 1.76. The van der Waals surface area contributed by atoms with Gasteiger partial charge in [-0.15, -0.1) is 0 Å². The maximum Gasteiger partial charge on any atom is 0.350 e. The molecule has 0 amide bonds. The van der Waals surface area contributed by atoms with Crippen molar-refractivity contribution in [1.29, 1.82) is 0 Å². The van der Waals surface area contributed by atoms with Crippen molar-refractivity contribution in [3.63, 3.8) is 0 Å². The van der Waals surface area contributed by atoms with E-state index in [1.165, 1.54) is 0 Å². The van der Waals surface area contributed by atoms with Gasteiger partial charge in [-0.1, -0.05) is 42.6 Å². The molecular weight excluding hydrogens is 292 g/mol. The Bertz CT molecular complexity index is 268. The minimum Gasteiger partial charge on any atom is -0.209 e. The number of hydrogen-bond acceptors (Lipinski definition) is 2. The Kier molecular flexibility index (Phi) is 6.86. The van der Waals surface area contributed by atoms with Crippen LogP contribution in [-0.4, -0.2) is 25.5 Å². The van der Waals surface area contributed by atoms with Crippen molar-refractivity contribution in [1.82, 2.24) is 4.72 Å². The quantitative estimate of drug-likeness (QED) is 0.734. The van der Waals surface area contributed by atoms with Crippen molar-refractivity contribution in [3.8, 4) is 0 Å². The first kappa shape index (κ1) is 15.2. The van der Waals surface area contributed by atoms with Crippen LogP contribution in [0.1, 0.15) is 26.7 Å². The summed E-state index contributed by atoms with van der Waals surface area (Å²) < 4.78 is 47.3. The van der Waals surface area contributed by atoms with Gasteiger partial charge in [-0.2, -0.15) is 8.78 Å². The molecule has 7 heteroatoms.